The first-order valence-corrected chi connectivity index (χ1v) is 2.88. The van der Waals surface area contributed by atoms with E-state index in [1.54, 1.807) is 6.92 Å². The number of rotatable bonds is 3. The molecule has 0 saturated carbocycles. The zero-order valence-corrected chi connectivity index (χ0v) is 6.72. The van der Waals surface area contributed by atoms with Gasteiger partial charge in [0.25, 0.3) is 0 Å². The number of ether oxygens (including phenoxy) is 1. The zero-order valence-electron chi connectivity index (χ0n) is 6.72. The van der Waals surface area contributed by atoms with Gasteiger partial charge in [-0.05, 0) is 0 Å². The average molecular weight is 138 g/mol. The second-order valence-corrected chi connectivity index (χ2v) is 1.92. The van der Waals surface area contributed by atoms with Crippen LogP contribution in [0.15, 0.2) is 0 Å². The molecule has 0 N–H and O–H groups in total. The van der Waals surface area contributed by atoms with Crippen LogP contribution in [0.4, 0.5) is 0 Å². The number of esters is 1. The summed E-state index contributed by atoms with van der Waals surface area (Å²) < 4.78 is 4.39. The molecule has 0 heterocycles. The molecule has 0 aromatic heterocycles. The van der Waals surface area contributed by atoms with Gasteiger partial charge in [0.15, 0.2) is 0 Å². The van der Waals surface area contributed by atoms with Gasteiger partial charge in [-0.1, -0.05) is 13.3 Å². The molecule has 0 aromatic carbocycles. The Morgan fingerprint density at radius 3 is 2.50 bits per heavy atom. The van der Waals surface area contributed by atoms with E-state index in [2.05, 4.69) is 4.74 Å². The number of carbonyl (C=O) groups is 1. The molecule has 0 saturated heterocycles. The molecule has 10 heavy (non-hydrogen) atoms. The fraction of sp³-hybridized carbons (Fsp3) is 0.833. The minimum atomic E-state index is -0.300. The summed E-state index contributed by atoms with van der Waals surface area (Å²) in [7, 11) is 1.32. The summed E-state index contributed by atoms with van der Waals surface area (Å²) in [5.41, 5.74) is 0. The zero-order chi connectivity index (χ0) is 7.28. The van der Waals surface area contributed by atoms with Gasteiger partial charge in [-0.3, -0.25) is 4.79 Å². The summed E-state index contributed by atoms with van der Waals surface area (Å²) in [6.45, 7) is 1.47. The molecule has 0 spiro atoms. The van der Waals surface area contributed by atoms with Crippen LogP contribution < -0.4 is 24.0 Å². The summed E-state index contributed by atoms with van der Waals surface area (Å²) >= 11 is 0. The molecule has 0 aliphatic carbocycles. The van der Waals surface area contributed by atoms with E-state index in [-0.39, 0.29) is 37.4 Å². The van der Waals surface area contributed by atoms with E-state index in [1.807, 2.05) is 0 Å². The maximum Gasteiger partial charge on any atom is 1.00 e. The Morgan fingerprint density at radius 1 is 1.70 bits per heavy atom. The van der Waals surface area contributed by atoms with Crippen molar-refractivity contribution in [2.75, 3.05) is 13.7 Å². The van der Waals surface area contributed by atoms with E-state index in [0.29, 0.717) is 6.42 Å². The van der Waals surface area contributed by atoms with Gasteiger partial charge in [-0.25, -0.2) is 0 Å². The van der Waals surface area contributed by atoms with E-state index in [1.165, 1.54) is 7.11 Å². The monoisotopic (exact) mass is 138 g/mol. The summed E-state index contributed by atoms with van der Waals surface area (Å²) in [6.07, 6.45) is 0.368. The Labute approximate surface area is 72.9 Å². The van der Waals surface area contributed by atoms with Crippen LogP contribution in [0.1, 0.15) is 13.3 Å². The normalized spacial score (nSPS) is 11.5. The van der Waals surface area contributed by atoms with Crippen molar-refractivity contribution in [2.45, 2.75) is 13.3 Å². The third-order valence-electron chi connectivity index (χ3n) is 1.15. The summed E-state index contributed by atoms with van der Waals surface area (Å²) in [6, 6.07) is 0. The van der Waals surface area contributed by atoms with E-state index in [4.69, 9.17) is 0 Å². The molecule has 1 unspecified atom stereocenters. The molecule has 4 heteroatoms. The fourth-order valence-electron chi connectivity index (χ4n) is 0.496. The Bertz CT molecular complexity index is 95.0. The molecule has 0 aliphatic rings. The predicted molar refractivity (Wildman–Crippen MR) is 30.7 cm³/mol. The second-order valence-electron chi connectivity index (χ2n) is 1.92. The average Bonchev–Trinajstić information content (AvgIpc) is 1.87. The van der Waals surface area contributed by atoms with Crippen LogP contribution in [0.3, 0.4) is 0 Å². The molecule has 0 fully saturated rings. The van der Waals surface area contributed by atoms with E-state index in [0.717, 1.165) is 0 Å². The molecule has 0 amide bonds. The molecule has 0 aliphatic heterocycles. The van der Waals surface area contributed by atoms with E-state index >= 15 is 0 Å². The molecule has 3 nitrogen and oxygen atoms in total. The van der Waals surface area contributed by atoms with Crippen molar-refractivity contribution >= 4 is 5.97 Å². The first kappa shape index (κ1) is 12.7. The van der Waals surface area contributed by atoms with Gasteiger partial charge >= 0.3 is 24.8 Å². The van der Waals surface area contributed by atoms with Gasteiger partial charge in [-0.2, -0.15) is 0 Å². The van der Waals surface area contributed by atoms with Crippen LogP contribution in [0.2, 0.25) is 0 Å². The number of hydrogen-bond acceptors (Lipinski definition) is 3. The molecule has 0 radical (unpaired) electrons. The predicted octanol–water partition coefficient (Wildman–Crippen LogP) is -3.45. The van der Waals surface area contributed by atoms with Crippen LogP contribution in [-0.4, -0.2) is 19.7 Å². The summed E-state index contributed by atoms with van der Waals surface area (Å²) in [5.74, 6) is -0.543. The van der Waals surface area contributed by atoms with Crippen LogP contribution >= 0.6 is 0 Å². The van der Waals surface area contributed by atoms with Crippen LogP contribution in [0.5, 0.6) is 0 Å². The summed E-state index contributed by atoms with van der Waals surface area (Å²) in [5, 5.41) is 9.95. The van der Waals surface area contributed by atoms with Crippen molar-refractivity contribution in [1.29, 1.82) is 0 Å². The maximum absolute atomic E-state index is 10.5. The molecule has 0 bridgehead atoms. The Morgan fingerprint density at radius 2 is 2.20 bits per heavy atom. The molecule has 0 aromatic rings. The quantitative estimate of drug-likeness (QED) is 0.301. The van der Waals surface area contributed by atoms with Gasteiger partial charge in [0.1, 0.15) is 0 Å². The molecular formula is C6H11LiO3. The van der Waals surface area contributed by atoms with Gasteiger partial charge in [-0.15, -0.1) is 6.61 Å². The van der Waals surface area contributed by atoms with Crippen molar-refractivity contribution in [1.82, 2.24) is 0 Å². The Hall–Kier alpha value is 0.0274. The van der Waals surface area contributed by atoms with E-state index in [9.17, 15) is 9.90 Å². The fourth-order valence-corrected chi connectivity index (χ4v) is 0.496. The largest absolute Gasteiger partial charge is 1.00 e. The molecule has 0 rings (SSSR count). The van der Waals surface area contributed by atoms with Crippen LogP contribution in [0.25, 0.3) is 0 Å². The standard InChI is InChI=1S/C6H11O3.Li/c1-5(3-4-7)6(8)9-2;/h5H,3-4H2,1-2H3;/q-1;+1. The number of carbonyl (C=O) groups excluding carboxylic acids is 1. The van der Waals surface area contributed by atoms with Crippen molar-refractivity contribution in [2.24, 2.45) is 5.92 Å². The van der Waals surface area contributed by atoms with Crippen molar-refractivity contribution in [3.05, 3.63) is 0 Å². The molecule has 1 atom stereocenters. The third kappa shape index (κ3) is 4.86. The third-order valence-corrected chi connectivity index (χ3v) is 1.15. The smallest absolute Gasteiger partial charge is 0.854 e. The minimum absolute atomic E-state index is 0. The van der Waals surface area contributed by atoms with Crippen molar-refractivity contribution in [3.8, 4) is 0 Å². The second kappa shape index (κ2) is 7.14. The van der Waals surface area contributed by atoms with Crippen molar-refractivity contribution < 1.29 is 33.5 Å². The van der Waals surface area contributed by atoms with Gasteiger partial charge in [0.2, 0.25) is 0 Å². The van der Waals surface area contributed by atoms with E-state index < -0.39 is 0 Å². The van der Waals surface area contributed by atoms with Gasteiger partial charge in [0, 0.05) is 0 Å². The topological polar surface area (TPSA) is 49.4 Å². The van der Waals surface area contributed by atoms with Gasteiger partial charge < -0.3 is 9.84 Å². The molecular weight excluding hydrogens is 127 g/mol. The summed E-state index contributed by atoms with van der Waals surface area (Å²) in [4.78, 5) is 10.5. The molecule has 54 valence electrons. The Balaban J connectivity index is 0. The number of hydrogen-bond donors (Lipinski definition) is 0. The minimum Gasteiger partial charge on any atom is -0.854 e. The van der Waals surface area contributed by atoms with Crippen molar-refractivity contribution in [3.63, 3.8) is 0 Å². The Kier molecular flexibility index (Phi) is 9.05. The maximum atomic E-state index is 10.5. The first-order chi connectivity index (χ1) is 4.22. The number of methoxy groups -OCH3 is 1. The van der Waals surface area contributed by atoms with Crippen LogP contribution in [0, 0.1) is 5.92 Å². The van der Waals surface area contributed by atoms with Gasteiger partial charge in [0.05, 0.1) is 13.0 Å². The SMILES string of the molecule is COC(=O)C(C)CC[O-].[Li+]. The first-order valence-electron chi connectivity index (χ1n) is 2.88. The van der Waals surface area contributed by atoms with Crippen LogP contribution in [-0.2, 0) is 9.53 Å².